The Morgan fingerprint density at radius 3 is 2.45 bits per heavy atom. The standard InChI is InChI=1S/C17H26N2O2.ClH/c1-17(2,3)13-5-7-15(8-6-13)21-12-16(20)19(4)14-9-10-18-11-14;/h5-8,14,18H,9-12H2,1-4H3;1H. The largest absolute Gasteiger partial charge is 0.484 e. The third-order valence-electron chi connectivity index (χ3n) is 4.06. The lowest BCUT2D eigenvalue weighted by Crippen LogP contribution is -2.40. The predicted octanol–water partition coefficient (Wildman–Crippen LogP) is 2.61. The number of carbonyl (C=O) groups is 1. The van der Waals surface area contributed by atoms with Crippen molar-refractivity contribution in [2.24, 2.45) is 0 Å². The lowest BCUT2D eigenvalue weighted by Gasteiger charge is -2.24. The lowest BCUT2D eigenvalue weighted by atomic mass is 9.87. The Bertz CT molecular complexity index is 476. The minimum absolute atomic E-state index is 0. The van der Waals surface area contributed by atoms with Crippen molar-refractivity contribution in [1.82, 2.24) is 10.2 Å². The topological polar surface area (TPSA) is 41.6 Å². The molecule has 0 saturated carbocycles. The number of nitrogens with zero attached hydrogens (tertiary/aromatic N) is 1. The van der Waals surface area contributed by atoms with Crippen LogP contribution >= 0.6 is 12.4 Å². The van der Waals surface area contributed by atoms with Gasteiger partial charge < -0.3 is 15.0 Å². The van der Waals surface area contributed by atoms with E-state index in [1.165, 1.54) is 5.56 Å². The van der Waals surface area contributed by atoms with E-state index < -0.39 is 0 Å². The van der Waals surface area contributed by atoms with Gasteiger partial charge in [-0.2, -0.15) is 0 Å². The second-order valence-corrected chi connectivity index (χ2v) is 6.71. The number of hydrogen-bond acceptors (Lipinski definition) is 3. The van der Waals surface area contributed by atoms with E-state index >= 15 is 0 Å². The number of amides is 1. The Kier molecular flexibility index (Phi) is 6.69. The molecule has 1 atom stereocenters. The molecule has 1 aliphatic rings. The summed E-state index contributed by atoms with van der Waals surface area (Å²) in [5.74, 6) is 0.776. The molecule has 0 aliphatic carbocycles. The maximum Gasteiger partial charge on any atom is 0.260 e. The summed E-state index contributed by atoms with van der Waals surface area (Å²) in [6, 6.07) is 8.29. The van der Waals surface area contributed by atoms with E-state index in [9.17, 15) is 4.79 Å². The van der Waals surface area contributed by atoms with Crippen molar-refractivity contribution in [3.05, 3.63) is 29.8 Å². The van der Waals surface area contributed by atoms with Crippen LogP contribution < -0.4 is 10.1 Å². The molecule has 124 valence electrons. The van der Waals surface area contributed by atoms with Crippen LogP contribution in [0.15, 0.2) is 24.3 Å². The van der Waals surface area contributed by atoms with Gasteiger partial charge in [-0.05, 0) is 36.1 Å². The van der Waals surface area contributed by atoms with Crippen LogP contribution in [0, 0.1) is 0 Å². The van der Waals surface area contributed by atoms with Gasteiger partial charge in [0.15, 0.2) is 6.61 Å². The van der Waals surface area contributed by atoms with Gasteiger partial charge in [0.2, 0.25) is 0 Å². The Hall–Kier alpha value is -1.26. The van der Waals surface area contributed by atoms with Gasteiger partial charge in [0, 0.05) is 19.6 Å². The highest BCUT2D eigenvalue weighted by molar-refractivity contribution is 5.85. The van der Waals surface area contributed by atoms with Crippen LogP contribution in [0.25, 0.3) is 0 Å². The van der Waals surface area contributed by atoms with Crippen molar-refractivity contribution in [2.75, 3.05) is 26.7 Å². The number of ether oxygens (including phenoxy) is 1. The fourth-order valence-corrected chi connectivity index (χ4v) is 2.47. The smallest absolute Gasteiger partial charge is 0.260 e. The zero-order chi connectivity index (χ0) is 15.5. The highest BCUT2D eigenvalue weighted by atomic mass is 35.5. The minimum atomic E-state index is 0. The first-order valence-corrected chi connectivity index (χ1v) is 7.57. The number of carbonyl (C=O) groups excluding carboxylic acids is 1. The van der Waals surface area contributed by atoms with Crippen LogP contribution in [0.2, 0.25) is 0 Å². The molecule has 0 bridgehead atoms. The van der Waals surface area contributed by atoms with Gasteiger partial charge in [-0.15, -0.1) is 12.4 Å². The molecule has 0 aromatic heterocycles. The molecule has 0 spiro atoms. The Labute approximate surface area is 139 Å². The second kappa shape index (κ2) is 7.84. The van der Waals surface area contributed by atoms with Crippen LogP contribution in [0.1, 0.15) is 32.8 Å². The van der Waals surface area contributed by atoms with Gasteiger partial charge in [0.25, 0.3) is 5.91 Å². The van der Waals surface area contributed by atoms with Crippen LogP contribution in [-0.4, -0.2) is 43.6 Å². The van der Waals surface area contributed by atoms with Crippen molar-refractivity contribution >= 4 is 18.3 Å². The average Bonchev–Trinajstić information content (AvgIpc) is 2.97. The van der Waals surface area contributed by atoms with E-state index in [2.05, 4.69) is 38.2 Å². The molecule has 1 aromatic rings. The quantitative estimate of drug-likeness (QED) is 0.924. The third kappa shape index (κ3) is 4.89. The van der Waals surface area contributed by atoms with Crippen molar-refractivity contribution in [3.8, 4) is 5.75 Å². The molecule has 22 heavy (non-hydrogen) atoms. The monoisotopic (exact) mass is 326 g/mol. The molecule has 1 fully saturated rings. The van der Waals surface area contributed by atoms with Gasteiger partial charge in [-0.3, -0.25) is 4.79 Å². The molecule has 1 aromatic carbocycles. The number of hydrogen-bond donors (Lipinski definition) is 1. The third-order valence-corrected chi connectivity index (χ3v) is 4.06. The molecule has 1 heterocycles. The predicted molar refractivity (Wildman–Crippen MR) is 91.9 cm³/mol. The molecule has 1 saturated heterocycles. The molecule has 1 aliphatic heterocycles. The molecule has 1 unspecified atom stereocenters. The van der Waals surface area contributed by atoms with Crippen molar-refractivity contribution < 1.29 is 9.53 Å². The zero-order valence-corrected chi connectivity index (χ0v) is 14.7. The van der Waals surface area contributed by atoms with Gasteiger partial charge in [-0.1, -0.05) is 32.9 Å². The highest BCUT2D eigenvalue weighted by Gasteiger charge is 2.23. The number of rotatable bonds is 4. The van der Waals surface area contributed by atoms with E-state index in [-0.39, 0.29) is 30.3 Å². The number of halogens is 1. The van der Waals surface area contributed by atoms with Crippen LogP contribution in [0.5, 0.6) is 5.75 Å². The number of likely N-dealkylation sites (N-methyl/N-ethyl adjacent to an activating group) is 1. The van der Waals surface area contributed by atoms with Crippen LogP contribution in [-0.2, 0) is 10.2 Å². The highest BCUT2D eigenvalue weighted by Crippen LogP contribution is 2.24. The van der Waals surface area contributed by atoms with Gasteiger partial charge >= 0.3 is 0 Å². The normalized spacial score (nSPS) is 17.7. The molecule has 1 N–H and O–H groups in total. The second-order valence-electron chi connectivity index (χ2n) is 6.71. The Balaban J connectivity index is 0.00000242. The summed E-state index contributed by atoms with van der Waals surface area (Å²) < 4.78 is 5.60. The minimum Gasteiger partial charge on any atom is -0.484 e. The van der Waals surface area contributed by atoms with Gasteiger partial charge in [0.1, 0.15) is 5.75 Å². The fourth-order valence-electron chi connectivity index (χ4n) is 2.47. The summed E-state index contributed by atoms with van der Waals surface area (Å²) in [5, 5.41) is 3.27. The van der Waals surface area contributed by atoms with Crippen molar-refractivity contribution in [2.45, 2.75) is 38.6 Å². The summed E-state index contributed by atoms with van der Waals surface area (Å²) in [5.41, 5.74) is 1.39. The van der Waals surface area contributed by atoms with E-state index in [0.29, 0.717) is 6.04 Å². The molecule has 4 nitrogen and oxygen atoms in total. The van der Waals surface area contributed by atoms with Crippen LogP contribution in [0.3, 0.4) is 0 Å². The number of nitrogens with one attached hydrogen (secondary N) is 1. The lowest BCUT2D eigenvalue weighted by molar-refractivity contribution is -0.133. The summed E-state index contributed by atoms with van der Waals surface area (Å²) >= 11 is 0. The summed E-state index contributed by atoms with van der Waals surface area (Å²) in [6.07, 6.45) is 1.02. The maximum absolute atomic E-state index is 12.1. The Morgan fingerprint density at radius 1 is 1.32 bits per heavy atom. The first kappa shape index (κ1) is 18.8. The van der Waals surface area contributed by atoms with E-state index in [4.69, 9.17) is 4.74 Å². The molecular weight excluding hydrogens is 300 g/mol. The summed E-state index contributed by atoms with van der Waals surface area (Å²) in [7, 11) is 1.85. The molecule has 5 heteroatoms. The molecule has 2 rings (SSSR count). The fraction of sp³-hybridized carbons (Fsp3) is 0.588. The van der Waals surface area contributed by atoms with Gasteiger partial charge in [-0.25, -0.2) is 0 Å². The first-order chi connectivity index (χ1) is 9.88. The summed E-state index contributed by atoms with van der Waals surface area (Å²) in [4.78, 5) is 13.9. The van der Waals surface area contributed by atoms with Gasteiger partial charge in [0.05, 0.1) is 0 Å². The van der Waals surface area contributed by atoms with E-state index in [1.54, 1.807) is 4.90 Å². The zero-order valence-electron chi connectivity index (χ0n) is 13.9. The first-order valence-electron chi connectivity index (χ1n) is 7.57. The maximum atomic E-state index is 12.1. The Morgan fingerprint density at radius 2 is 1.95 bits per heavy atom. The molecular formula is C17H27ClN2O2. The van der Waals surface area contributed by atoms with E-state index in [0.717, 1.165) is 25.3 Å². The SMILES string of the molecule is CN(C(=O)COc1ccc(C(C)(C)C)cc1)C1CCNC1.Cl. The average molecular weight is 327 g/mol. The van der Waals surface area contributed by atoms with E-state index in [1.807, 2.05) is 19.2 Å². The molecule has 0 radical (unpaired) electrons. The van der Waals surface area contributed by atoms with Crippen LogP contribution in [0.4, 0.5) is 0 Å². The van der Waals surface area contributed by atoms with Crippen molar-refractivity contribution in [1.29, 1.82) is 0 Å². The summed E-state index contributed by atoms with van der Waals surface area (Å²) in [6.45, 7) is 8.49. The van der Waals surface area contributed by atoms with Crippen molar-refractivity contribution in [3.63, 3.8) is 0 Å². The number of benzene rings is 1. The molecule has 1 amide bonds.